The molecular weight excluding hydrogens is 411 g/mol. The molecule has 4 heterocycles. The molecule has 4 aromatic heterocycles. The van der Waals surface area contributed by atoms with Crippen molar-refractivity contribution >= 4 is 28.3 Å². The molecule has 8 nitrogen and oxygen atoms in total. The van der Waals surface area contributed by atoms with Crippen LogP contribution in [0.15, 0.2) is 36.9 Å². The fourth-order valence-electron chi connectivity index (χ4n) is 4.02. The summed E-state index contributed by atoms with van der Waals surface area (Å²) in [6.07, 6.45) is 0.971. The van der Waals surface area contributed by atoms with Crippen molar-refractivity contribution in [3.05, 3.63) is 59.6 Å². The molecule has 5 rings (SSSR count). The molecule has 0 spiro atoms. The SMILES string of the molecule is CN(C(=O)c1cc2c(cn1)nc(N)c1cncn12)[C@@H]1CCc2nc(C(F)(F)F)ccc21. The zero-order valence-corrected chi connectivity index (χ0v) is 16.3. The Hall–Kier alpha value is -3.76. The van der Waals surface area contributed by atoms with Gasteiger partial charge < -0.3 is 10.6 Å². The molecule has 11 heteroatoms. The van der Waals surface area contributed by atoms with Gasteiger partial charge in [-0.05, 0) is 30.5 Å². The molecule has 0 saturated heterocycles. The highest BCUT2D eigenvalue weighted by Gasteiger charge is 2.36. The first kappa shape index (κ1) is 19.2. The first-order valence-electron chi connectivity index (χ1n) is 9.45. The van der Waals surface area contributed by atoms with Crippen molar-refractivity contribution in [1.29, 1.82) is 0 Å². The van der Waals surface area contributed by atoms with E-state index in [1.165, 1.54) is 17.2 Å². The van der Waals surface area contributed by atoms with Crippen LogP contribution in [0.3, 0.4) is 0 Å². The van der Waals surface area contributed by atoms with Crippen molar-refractivity contribution in [3.8, 4) is 0 Å². The van der Waals surface area contributed by atoms with Gasteiger partial charge in [-0.3, -0.25) is 9.20 Å². The first-order valence-corrected chi connectivity index (χ1v) is 9.45. The molecule has 31 heavy (non-hydrogen) atoms. The largest absolute Gasteiger partial charge is 0.433 e. The number of carbonyl (C=O) groups is 1. The fourth-order valence-corrected chi connectivity index (χ4v) is 4.02. The van der Waals surface area contributed by atoms with Gasteiger partial charge in [0.15, 0.2) is 0 Å². The number of hydrogen-bond acceptors (Lipinski definition) is 6. The Kier molecular flexibility index (Phi) is 4.11. The maximum atomic E-state index is 13.1. The molecule has 4 aromatic rings. The number of pyridine rings is 2. The van der Waals surface area contributed by atoms with E-state index in [0.29, 0.717) is 46.5 Å². The van der Waals surface area contributed by atoms with Crippen molar-refractivity contribution in [2.75, 3.05) is 12.8 Å². The monoisotopic (exact) mass is 427 g/mol. The van der Waals surface area contributed by atoms with E-state index in [-0.39, 0.29) is 17.6 Å². The zero-order chi connectivity index (χ0) is 21.9. The number of aromatic nitrogens is 5. The smallest absolute Gasteiger partial charge is 0.382 e. The van der Waals surface area contributed by atoms with Gasteiger partial charge in [-0.15, -0.1) is 0 Å². The summed E-state index contributed by atoms with van der Waals surface area (Å²) in [4.78, 5) is 31.0. The molecule has 0 radical (unpaired) electrons. The third kappa shape index (κ3) is 3.04. The molecule has 1 atom stereocenters. The minimum Gasteiger partial charge on any atom is -0.382 e. The van der Waals surface area contributed by atoms with Gasteiger partial charge in [-0.25, -0.2) is 19.9 Å². The fraction of sp³-hybridized carbons (Fsp3) is 0.250. The third-order valence-electron chi connectivity index (χ3n) is 5.58. The summed E-state index contributed by atoms with van der Waals surface area (Å²) in [6.45, 7) is 0. The number of anilines is 1. The van der Waals surface area contributed by atoms with E-state index in [4.69, 9.17) is 5.73 Å². The molecular formula is C20H16F3N7O. The second-order valence-electron chi connectivity index (χ2n) is 7.40. The van der Waals surface area contributed by atoms with E-state index in [1.54, 1.807) is 30.0 Å². The highest BCUT2D eigenvalue weighted by Crippen LogP contribution is 2.37. The molecule has 1 amide bonds. The number of nitrogen functional groups attached to an aromatic ring is 1. The molecule has 0 aliphatic heterocycles. The number of nitrogens with zero attached hydrogens (tertiary/aromatic N) is 6. The Labute approximate surface area is 173 Å². The number of nitrogens with two attached hydrogens (primary N) is 1. The van der Waals surface area contributed by atoms with Gasteiger partial charge in [0, 0.05) is 12.7 Å². The first-order chi connectivity index (χ1) is 14.7. The van der Waals surface area contributed by atoms with Gasteiger partial charge in [0.25, 0.3) is 5.91 Å². The van der Waals surface area contributed by atoms with Crippen LogP contribution in [0, 0.1) is 0 Å². The van der Waals surface area contributed by atoms with Crippen LogP contribution in [0.2, 0.25) is 0 Å². The van der Waals surface area contributed by atoms with E-state index in [2.05, 4.69) is 19.9 Å². The van der Waals surface area contributed by atoms with E-state index in [9.17, 15) is 18.0 Å². The molecule has 0 saturated carbocycles. The molecule has 1 aliphatic carbocycles. The molecule has 0 aromatic carbocycles. The molecule has 0 bridgehead atoms. The second-order valence-corrected chi connectivity index (χ2v) is 7.40. The van der Waals surface area contributed by atoms with Gasteiger partial charge in [0.1, 0.15) is 28.2 Å². The summed E-state index contributed by atoms with van der Waals surface area (Å²) >= 11 is 0. The number of fused-ring (bicyclic) bond motifs is 4. The Morgan fingerprint density at radius 1 is 1.23 bits per heavy atom. The lowest BCUT2D eigenvalue weighted by molar-refractivity contribution is -0.141. The average molecular weight is 427 g/mol. The van der Waals surface area contributed by atoms with Crippen LogP contribution in [0.25, 0.3) is 16.6 Å². The third-order valence-corrected chi connectivity index (χ3v) is 5.58. The number of alkyl halides is 3. The predicted molar refractivity (Wildman–Crippen MR) is 105 cm³/mol. The van der Waals surface area contributed by atoms with E-state index in [1.807, 2.05) is 0 Å². The van der Waals surface area contributed by atoms with Crippen LogP contribution in [-0.4, -0.2) is 42.2 Å². The Bertz CT molecular complexity index is 1350. The van der Waals surface area contributed by atoms with Crippen LogP contribution in [0.1, 0.15) is 39.9 Å². The lowest BCUT2D eigenvalue weighted by Crippen LogP contribution is -2.31. The zero-order valence-electron chi connectivity index (χ0n) is 16.3. The van der Waals surface area contributed by atoms with Crippen molar-refractivity contribution in [2.24, 2.45) is 0 Å². The predicted octanol–water partition coefficient (Wildman–Crippen LogP) is 3.03. The van der Waals surface area contributed by atoms with Crippen molar-refractivity contribution in [3.63, 3.8) is 0 Å². The topological polar surface area (TPSA) is 102 Å². The van der Waals surface area contributed by atoms with Crippen molar-refractivity contribution in [2.45, 2.75) is 25.1 Å². The number of amides is 1. The maximum Gasteiger partial charge on any atom is 0.433 e. The molecule has 1 aliphatic rings. The lowest BCUT2D eigenvalue weighted by Gasteiger charge is -2.25. The van der Waals surface area contributed by atoms with E-state index >= 15 is 0 Å². The van der Waals surface area contributed by atoms with Crippen molar-refractivity contribution in [1.82, 2.24) is 29.2 Å². The van der Waals surface area contributed by atoms with Gasteiger partial charge >= 0.3 is 6.18 Å². The van der Waals surface area contributed by atoms with Gasteiger partial charge in [-0.1, -0.05) is 6.07 Å². The molecule has 0 unspecified atom stereocenters. The van der Waals surface area contributed by atoms with Crippen molar-refractivity contribution < 1.29 is 18.0 Å². The summed E-state index contributed by atoms with van der Waals surface area (Å²) in [6, 6.07) is 3.58. The van der Waals surface area contributed by atoms with E-state index in [0.717, 1.165) is 6.07 Å². The van der Waals surface area contributed by atoms with Gasteiger partial charge in [0.05, 0.1) is 30.3 Å². The quantitative estimate of drug-likeness (QED) is 0.528. The Balaban J connectivity index is 1.49. The second kappa shape index (κ2) is 6.62. The number of hydrogen-bond donors (Lipinski definition) is 1. The van der Waals surface area contributed by atoms with Crippen LogP contribution in [-0.2, 0) is 12.6 Å². The summed E-state index contributed by atoms with van der Waals surface area (Å²) < 4.78 is 40.6. The van der Waals surface area contributed by atoms with Crippen LogP contribution >= 0.6 is 0 Å². The summed E-state index contributed by atoms with van der Waals surface area (Å²) in [5.74, 6) is -0.0546. The number of imidazole rings is 1. The lowest BCUT2D eigenvalue weighted by atomic mass is 10.1. The highest BCUT2D eigenvalue weighted by atomic mass is 19.4. The van der Waals surface area contributed by atoms with Gasteiger partial charge in [-0.2, -0.15) is 13.2 Å². The van der Waals surface area contributed by atoms with Crippen LogP contribution < -0.4 is 5.73 Å². The molecule has 158 valence electrons. The number of halogens is 3. The standard InChI is InChI=1S/C20H16F3N7O/c1-29(14-4-3-11-10(14)2-5-17(27-11)20(21,22)23)19(31)12-6-15-13(7-26-12)28-18(24)16-8-25-9-30(15)16/h2,5-9,14H,3-4H2,1H3,(H2,24,28)/t14-/m1/s1. The minimum absolute atomic E-state index is 0.185. The Morgan fingerprint density at radius 3 is 2.81 bits per heavy atom. The maximum absolute atomic E-state index is 13.1. The summed E-state index contributed by atoms with van der Waals surface area (Å²) in [7, 11) is 1.61. The highest BCUT2D eigenvalue weighted by molar-refractivity contribution is 5.96. The normalized spacial score (nSPS) is 16.1. The number of aryl methyl sites for hydroxylation is 1. The Morgan fingerprint density at radius 2 is 2.03 bits per heavy atom. The minimum atomic E-state index is -4.50. The van der Waals surface area contributed by atoms with Crippen LogP contribution in [0.5, 0.6) is 0 Å². The summed E-state index contributed by atoms with van der Waals surface area (Å²) in [5.41, 5.74) is 7.92. The molecule has 0 fully saturated rings. The average Bonchev–Trinajstić information content (AvgIpc) is 3.39. The molecule has 2 N–H and O–H groups in total. The number of carbonyl (C=O) groups excluding carboxylic acids is 1. The summed E-state index contributed by atoms with van der Waals surface area (Å²) in [5, 5.41) is 0. The van der Waals surface area contributed by atoms with Gasteiger partial charge in [0.2, 0.25) is 0 Å². The van der Waals surface area contributed by atoms with E-state index < -0.39 is 11.9 Å². The number of rotatable bonds is 2. The van der Waals surface area contributed by atoms with Crippen LogP contribution in [0.4, 0.5) is 19.0 Å².